The number of quaternary nitrogens is 1. The maximum atomic E-state index is 11.8. The Labute approximate surface area is 160 Å². The number of likely N-dealkylation sites (tertiary alicyclic amines) is 1. The average Bonchev–Trinajstić information content (AvgIpc) is 3.11. The molecule has 1 atom stereocenters. The summed E-state index contributed by atoms with van der Waals surface area (Å²) >= 11 is 0. The first-order valence-electron chi connectivity index (χ1n) is 10.7. The number of hydrogen-bond acceptors (Lipinski definition) is 1. The lowest BCUT2D eigenvalue weighted by Gasteiger charge is -2.41. The Bertz CT molecular complexity index is 624. The molecule has 1 aliphatic carbocycles. The van der Waals surface area contributed by atoms with E-state index >= 15 is 0 Å². The van der Waals surface area contributed by atoms with Gasteiger partial charge in [0.15, 0.2) is 5.60 Å². The van der Waals surface area contributed by atoms with E-state index in [1.165, 1.54) is 58.2 Å². The Morgan fingerprint density at radius 3 is 2.31 bits per heavy atom. The summed E-state index contributed by atoms with van der Waals surface area (Å²) in [7, 11) is 0. The number of rotatable bonds is 5. The van der Waals surface area contributed by atoms with Gasteiger partial charge in [-0.2, -0.15) is 0 Å². The number of nitrogens with zero attached hydrogens (tertiary/aromatic N) is 1. The lowest BCUT2D eigenvalue weighted by molar-refractivity contribution is -0.926. The van der Waals surface area contributed by atoms with Gasteiger partial charge in [-0.25, -0.2) is 0 Å². The summed E-state index contributed by atoms with van der Waals surface area (Å²) < 4.78 is 1.13. The summed E-state index contributed by atoms with van der Waals surface area (Å²) in [4.78, 5) is 0. The van der Waals surface area contributed by atoms with Crippen LogP contribution in [0.3, 0.4) is 0 Å². The number of benzene rings is 1. The predicted octanol–water partition coefficient (Wildman–Crippen LogP) is 4.87. The Morgan fingerprint density at radius 1 is 1.04 bits per heavy atom. The normalized spacial score (nSPS) is 23.7. The fourth-order valence-electron chi connectivity index (χ4n) is 5.22. The predicted molar refractivity (Wildman–Crippen MR) is 109 cm³/mol. The zero-order valence-corrected chi connectivity index (χ0v) is 16.8. The first-order chi connectivity index (χ1) is 12.5. The van der Waals surface area contributed by atoms with Crippen molar-refractivity contribution in [2.75, 3.05) is 26.2 Å². The standard InChI is InChI=1S/C24H36NO/c1-3-18-25(19-10-5-11-20-25)21-12-17-24(26,22-13-6-4-7-14-22)23(2)15-8-9-16-23/h4,6-7,13-14,26H,3,5,8-11,15-16,18-21H2,1-2H3/q+1/t24-/m0/s1. The minimum absolute atomic E-state index is 0.140. The highest BCUT2D eigenvalue weighted by Gasteiger charge is 2.48. The third kappa shape index (κ3) is 3.85. The van der Waals surface area contributed by atoms with Gasteiger partial charge in [-0.1, -0.05) is 62.9 Å². The van der Waals surface area contributed by atoms with Crippen LogP contribution in [-0.2, 0) is 5.60 Å². The molecule has 142 valence electrons. The molecular weight excluding hydrogens is 318 g/mol. The summed E-state index contributed by atoms with van der Waals surface area (Å²) in [6, 6.07) is 10.2. The molecular formula is C24H36NO+. The van der Waals surface area contributed by atoms with Gasteiger partial charge in [0.1, 0.15) is 6.54 Å². The Morgan fingerprint density at radius 2 is 1.69 bits per heavy atom. The van der Waals surface area contributed by atoms with Gasteiger partial charge in [0.25, 0.3) is 0 Å². The molecule has 0 amide bonds. The molecule has 2 aliphatic rings. The van der Waals surface area contributed by atoms with Crippen molar-refractivity contribution in [3.05, 3.63) is 35.9 Å². The molecule has 0 unspecified atom stereocenters. The minimum atomic E-state index is -1.03. The minimum Gasteiger partial charge on any atom is -0.373 e. The maximum absolute atomic E-state index is 11.8. The van der Waals surface area contributed by atoms with Crippen LogP contribution in [0.25, 0.3) is 0 Å². The summed E-state index contributed by atoms with van der Waals surface area (Å²) in [6.45, 7) is 9.13. The van der Waals surface area contributed by atoms with Gasteiger partial charge in [0.2, 0.25) is 0 Å². The quantitative estimate of drug-likeness (QED) is 0.591. The van der Waals surface area contributed by atoms with Gasteiger partial charge < -0.3 is 9.59 Å². The van der Waals surface area contributed by atoms with Crippen LogP contribution in [-0.4, -0.2) is 35.8 Å². The average molecular weight is 355 g/mol. The molecule has 1 N–H and O–H groups in total. The van der Waals surface area contributed by atoms with Crippen molar-refractivity contribution < 1.29 is 9.59 Å². The molecule has 26 heavy (non-hydrogen) atoms. The SMILES string of the molecule is CCC[N+]1(CC#C[C@](O)(c2ccccc2)C2(C)CCCC2)CCCCC1. The van der Waals surface area contributed by atoms with Crippen LogP contribution in [0.1, 0.15) is 70.8 Å². The highest BCUT2D eigenvalue weighted by Crippen LogP contribution is 2.50. The molecule has 2 heteroatoms. The molecule has 1 saturated carbocycles. The van der Waals surface area contributed by atoms with E-state index in [-0.39, 0.29) is 5.41 Å². The lowest BCUT2D eigenvalue weighted by atomic mass is 9.68. The fraction of sp³-hybridized carbons (Fsp3) is 0.667. The molecule has 0 bridgehead atoms. The van der Waals surface area contributed by atoms with E-state index in [1.807, 2.05) is 18.2 Å². The van der Waals surface area contributed by atoms with Crippen molar-refractivity contribution in [1.29, 1.82) is 0 Å². The highest BCUT2D eigenvalue weighted by molar-refractivity contribution is 5.35. The van der Waals surface area contributed by atoms with E-state index in [1.54, 1.807) is 0 Å². The van der Waals surface area contributed by atoms with E-state index in [4.69, 9.17) is 0 Å². The van der Waals surface area contributed by atoms with Crippen molar-refractivity contribution in [3.8, 4) is 11.8 Å². The van der Waals surface area contributed by atoms with Gasteiger partial charge in [0.05, 0.1) is 19.6 Å². The second-order valence-corrected chi connectivity index (χ2v) is 8.88. The lowest BCUT2D eigenvalue weighted by Crippen LogP contribution is -2.52. The molecule has 1 saturated heterocycles. The third-order valence-corrected chi connectivity index (χ3v) is 6.92. The Kier molecular flexibility index (Phi) is 6.10. The Balaban J connectivity index is 1.88. The summed E-state index contributed by atoms with van der Waals surface area (Å²) in [5, 5.41) is 11.8. The van der Waals surface area contributed by atoms with Crippen LogP contribution >= 0.6 is 0 Å². The molecule has 1 aliphatic heterocycles. The van der Waals surface area contributed by atoms with Gasteiger partial charge in [-0.05, 0) is 50.0 Å². The molecule has 0 spiro atoms. The largest absolute Gasteiger partial charge is 0.373 e. The van der Waals surface area contributed by atoms with E-state index in [0.717, 1.165) is 29.4 Å². The molecule has 1 aromatic rings. The molecule has 0 radical (unpaired) electrons. The second kappa shape index (κ2) is 8.15. The van der Waals surface area contributed by atoms with Crippen molar-refractivity contribution in [2.24, 2.45) is 5.41 Å². The van der Waals surface area contributed by atoms with Crippen molar-refractivity contribution in [3.63, 3.8) is 0 Å². The van der Waals surface area contributed by atoms with Crippen LogP contribution in [0.15, 0.2) is 30.3 Å². The molecule has 2 fully saturated rings. The molecule has 2 nitrogen and oxygen atoms in total. The van der Waals surface area contributed by atoms with E-state index in [9.17, 15) is 5.11 Å². The first kappa shape index (κ1) is 19.5. The van der Waals surface area contributed by atoms with E-state index in [0.29, 0.717) is 0 Å². The zero-order chi connectivity index (χ0) is 18.5. The van der Waals surface area contributed by atoms with Crippen LogP contribution < -0.4 is 0 Å². The summed E-state index contributed by atoms with van der Waals surface area (Å²) in [5.41, 5.74) is -0.201. The highest BCUT2D eigenvalue weighted by atomic mass is 16.3. The van der Waals surface area contributed by atoms with Crippen LogP contribution in [0, 0.1) is 17.3 Å². The smallest absolute Gasteiger partial charge is 0.156 e. The fourth-order valence-corrected chi connectivity index (χ4v) is 5.22. The van der Waals surface area contributed by atoms with Crippen LogP contribution in [0.5, 0.6) is 0 Å². The van der Waals surface area contributed by atoms with Crippen molar-refractivity contribution >= 4 is 0 Å². The number of aliphatic hydroxyl groups is 1. The zero-order valence-electron chi connectivity index (χ0n) is 16.8. The summed E-state index contributed by atoms with van der Waals surface area (Å²) in [6.07, 6.45) is 9.73. The maximum Gasteiger partial charge on any atom is 0.156 e. The summed E-state index contributed by atoms with van der Waals surface area (Å²) in [5.74, 6) is 6.91. The van der Waals surface area contributed by atoms with Gasteiger partial charge >= 0.3 is 0 Å². The van der Waals surface area contributed by atoms with Crippen molar-refractivity contribution in [2.45, 2.75) is 70.8 Å². The van der Waals surface area contributed by atoms with E-state index < -0.39 is 5.60 Å². The number of hydrogen-bond donors (Lipinski definition) is 1. The van der Waals surface area contributed by atoms with E-state index in [2.05, 4.69) is 37.8 Å². The molecule has 0 aromatic heterocycles. The van der Waals surface area contributed by atoms with Crippen molar-refractivity contribution in [1.82, 2.24) is 0 Å². The first-order valence-corrected chi connectivity index (χ1v) is 10.7. The van der Waals surface area contributed by atoms with Crippen LogP contribution in [0.4, 0.5) is 0 Å². The van der Waals surface area contributed by atoms with Gasteiger partial charge in [-0.15, -0.1) is 0 Å². The number of piperidine rings is 1. The third-order valence-electron chi connectivity index (χ3n) is 6.92. The molecule has 1 heterocycles. The topological polar surface area (TPSA) is 20.2 Å². The second-order valence-electron chi connectivity index (χ2n) is 8.88. The van der Waals surface area contributed by atoms with Crippen LogP contribution in [0.2, 0.25) is 0 Å². The molecule has 1 aromatic carbocycles. The monoisotopic (exact) mass is 354 g/mol. The van der Waals surface area contributed by atoms with Gasteiger partial charge in [0, 0.05) is 5.41 Å². The molecule has 3 rings (SSSR count). The Hall–Kier alpha value is -1.30. The van der Waals surface area contributed by atoms with Gasteiger partial charge in [-0.3, -0.25) is 0 Å².